The van der Waals surface area contributed by atoms with E-state index in [1.807, 2.05) is 43.3 Å². The van der Waals surface area contributed by atoms with Gasteiger partial charge < -0.3 is 5.32 Å². The summed E-state index contributed by atoms with van der Waals surface area (Å²) in [7, 11) is 0. The SMILES string of the molecule is CC(NCc1ccc(Br)cc1[N+](=O)[O-])c1ccccc1. The van der Waals surface area contributed by atoms with Crippen molar-refractivity contribution in [3.8, 4) is 0 Å². The number of halogens is 1. The quantitative estimate of drug-likeness (QED) is 0.658. The standard InChI is InChI=1S/C15H15BrN2O2/c1-11(12-5-3-2-4-6-12)17-10-13-7-8-14(16)9-15(13)18(19)20/h2-9,11,17H,10H2,1H3. The van der Waals surface area contributed by atoms with Crippen molar-refractivity contribution in [1.82, 2.24) is 5.32 Å². The fourth-order valence-electron chi connectivity index (χ4n) is 1.98. The van der Waals surface area contributed by atoms with Crippen molar-refractivity contribution in [1.29, 1.82) is 0 Å². The molecule has 0 saturated carbocycles. The molecule has 2 rings (SSSR count). The zero-order chi connectivity index (χ0) is 14.5. The first-order valence-electron chi connectivity index (χ1n) is 6.29. The van der Waals surface area contributed by atoms with Crippen molar-refractivity contribution in [2.45, 2.75) is 19.5 Å². The zero-order valence-corrected chi connectivity index (χ0v) is 12.6. The molecule has 0 aliphatic heterocycles. The highest BCUT2D eigenvalue weighted by molar-refractivity contribution is 9.10. The number of hydrogen-bond donors (Lipinski definition) is 1. The largest absolute Gasteiger partial charge is 0.306 e. The van der Waals surface area contributed by atoms with Crippen LogP contribution in [0.3, 0.4) is 0 Å². The van der Waals surface area contributed by atoms with Crippen LogP contribution in [0, 0.1) is 10.1 Å². The van der Waals surface area contributed by atoms with E-state index in [4.69, 9.17) is 0 Å². The minimum Gasteiger partial charge on any atom is -0.306 e. The van der Waals surface area contributed by atoms with E-state index in [-0.39, 0.29) is 16.7 Å². The number of benzene rings is 2. The second-order valence-electron chi connectivity index (χ2n) is 4.54. The Kier molecular flexibility index (Phi) is 4.87. The van der Waals surface area contributed by atoms with E-state index >= 15 is 0 Å². The average molecular weight is 335 g/mol. The van der Waals surface area contributed by atoms with Crippen LogP contribution in [0.2, 0.25) is 0 Å². The summed E-state index contributed by atoms with van der Waals surface area (Å²) in [6, 6.07) is 15.3. The van der Waals surface area contributed by atoms with Crippen LogP contribution in [0.15, 0.2) is 53.0 Å². The van der Waals surface area contributed by atoms with Crippen molar-refractivity contribution < 1.29 is 4.92 Å². The minimum atomic E-state index is -0.352. The van der Waals surface area contributed by atoms with Gasteiger partial charge in [-0.15, -0.1) is 0 Å². The third kappa shape index (κ3) is 3.65. The topological polar surface area (TPSA) is 55.2 Å². The number of hydrogen-bond acceptors (Lipinski definition) is 3. The molecule has 4 nitrogen and oxygen atoms in total. The van der Waals surface area contributed by atoms with Crippen molar-refractivity contribution in [3.63, 3.8) is 0 Å². The maximum atomic E-state index is 11.0. The summed E-state index contributed by atoms with van der Waals surface area (Å²) in [5.41, 5.74) is 1.97. The van der Waals surface area contributed by atoms with Gasteiger partial charge in [-0.2, -0.15) is 0 Å². The Labute approximate surface area is 126 Å². The average Bonchev–Trinajstić information content (AvgIpc) is 2.46. The molecule has 1 atom stereocenters. The Morgan fingerprint density at radius 3 is 2.60 bits per heavy atom. The van der Waals surface area contributed by atoms with E-state index in [0.29, 0.717) is 16.6 Å². The van der Waals surface area contributed by atoms with Gasteiger partial charge in [0.2, 0.25) is 0 Å². The van der Waals surface area contributed by atoms with Crippen LogP contribution >= 0.6 is 15.9 Å². The lowest BCUT2D eigenvalue weighted by molar-refractivity contribution is -0.385. The Hall–Kier alpha value is -1.72. The Morgan fingerprint density at radius 1 is 1.25 bits per heavy atom. The molecule has 2 aromatic carbocycles. The smallest absolute Gasteiger partial charge is 0.275 e. The fourth-order valence-corrected chi connectivity index (χ4v) is 2.33. The van der Waals surface area contributed by atoms with E-state index in [2.05, 4.69) is 21.2 Å². The van der Waals surface area contributed by atoms with Crippen LogP contribution in [-0.4, -0.2) is 4.92 Å². The van der Waals surface area contributed by atoms with Gasteiger partial charge in [-0.3, -0.25) is 10.1 Å². The monoisotopic (exact) mass is 334 g/mol. The van der Waals surface area contributed by atoms with Gasteiger partial charge in [0.1, 0.15) is 0 Å². The van der Waals surface area contributed by atoms with Crippen LogP contribution in [0.1, 0.15) is 24.1 Å². The number of nitrogens with one attached hydrogen (secondary N) is 1. The van der Waals surface area contributed by atoms with Crippen molar-refractivity contribution in [2.75, 3.05) is 0 Å². The molecule has 0 radical (unpaired) electrons. The van der Waals surface area contributed by atoms with Crippen molar-refractivity contribution in [2.24, 2.45) is 0 Å². The van der Waals surface area contributed by atoms with E-state index in [1.54, 1.807) is 6.07 Å². The van der Waals surface area contributed by atoms with Crippen molar-refractivity contribution >= 4 is 21.6 Å². The molecule has 0 saturated heterocycles. The summed E-state index contributed by atoms with van der Waals surface area (Å²) in [6.45, 7) is 2.50. The number of nitro benzene ring substituents is 1. The summed E-state index contributed by atoms with van der Waals surface area (Å²) >= 11 is 3.26. The summed E-state index contributed by atoms with van der Waals surface area (Å²) < 4.78 is 0.712. The fraction of sp³-hybridized carbons (Fsp3) is 0.200. The molecule has 0 bridgehead atoms. The second kappa shape index (κ2) is 6.63. The predicted octanol–water partition coefficient (Wildman–Crippen LogP) is 4.21. The molecular weight excluding hydrogens is 320 g/mol. The molecule has 0 amide bonds. The van der Waals surface area contributed by atoms with Crippen LogP contribution in [0.25, 0.3) is 0 Å². The molecule has 0 aromatic heterocycles. The summed E-state index contributed by atoms with van der Waals surface area (Å²) in [5.74, 6) is 0. The summed E-state index contributed by atoms with van der Waals surface area (Å²) in [4.78, 5) is 10.7. The normalized spacial score (nSPS) is 12.1. The Morgan fingerprint density at radius 2 is 1.95 bits per heavy atom. The highest BCUT2D eigenvalue weighted by Crippen LogP contribution is 2.24. The maximum Gasteiger partial charge on any atom is 0.275 e. The highest BCUT2D eigenvalue weighted by atomic mass is 79.9. The summed E-state index contributed by atoms with van der Waals surface area (Å²) in [5, 5.41) is 14.4. The molecule has 0 spiro atoms. The molecule has 20 heavy (non-hydrogen) atoms. The van der Waals surface area contributed by atoms with Gasteiger partial charge in [-0.05, 0) is 24.6 Å². The zero-order valence-electron chi connectivity index (χ0n) is 11.0. The van der Waals surface area contributed by atoms with Gasteiger partial charge in [0.15, 0.2) is 0 Å². The van der Waals surface area contributed by atoms with E-state index in [0.717, 1.165) is 5.56 Å². The molecule has 0 aliphatic rings. The number of rotatable bonds is 5. The third-order valence-corrected chi connectivity index (χ3v) is 3.64. The lowest BCUT2D eigenvalue weighted by atomic mass is 10.1. The van der Waals surface area contributed by atoms with Crippen LogP contribution in [0.5, 0.6) is 0 Å². The molecule has 0 aliphatic carbocycles. The molecule has 0 fully saturated rings. The molecular formula is C15H15BrN2O2. The number of nitro groups is 1. The molecule has 104 valence electrons. The van der Waals surface area contributed by atoms with Crippen LogP contribution in [0.4, 0.5) is 5.69 Å². The van der Waals surface area contributed by atoms with Gasteiger partial charge >= 0.3 is 0 Å². The third-order valence-electron chi connectivity index (χ3n) is 3.14. The van der Waals surface area contributed by atoms with E-state index < -0.39 is 0 Å². The van der Waals surface area contributed by atoms with Gasteiger partial charge in [0.25, 0.3) is 5.69 Å². The molecule has 5 heteroatoms. The van der Waals surface area contributed by atoms with Gasteiger partial charge in [0.05, 0.1) is 4.92 Å². The minimum absolute atomic E-state index is 0.132. The van der Waals surface area contributed by atoms with Gasteiger partial charge in [-0.25, -0.2) is 0 Å². The molecule has 2 aromatic rings. The second-order valence-corrected chi connectivity index (χ2v) is 5.46. The molecule has 1 unspecified atom stereocenters. The lowest BCUT2D eigenvalue weighted by Crippen LogP contribution is -2.18. The van der Waals surface area contributed by atoms with Crippen molar-refractivity contribution in [3.05, 3.63) is 74.2 Å². The first kappa shape index (κ1) is 14.7. The number of nitrogens with zero attached hydrogens (tertiary/aromatic N) is 1. The van der Waals surface area contributed by atoms with E-state index in [9.17, 15) is 10.1 Å². The summed E-state index contributed by atoms with van der Waals surface area (Å²) in [6.07, 6.45) is 0. The molecule has 0 heterocycles. The highest BCUT2D eigenvalue weighted by Gasteiger charge is 2.14. The van der Waals surface area contributed by atoms with E-state index in [1.165, 1.54) is 6.07 Å². The first-order chi connectivity index (χ1) is 9.58. The first-order valence-corrected chi connectivity index (χ1v) is 7.08. The Bertz CT molecular complexity index is 602. The van der Waals surface area contributed by atoms with Gasteiger partial charge in [0, 0.05) is 28.7 Å². The predicted molar refractivity (Wildman–Crippen MR) is 82.5 cm³/mol. The van der Waals surface area contributed by atoms with Gasteiger partial charge in [-0.1, -0.05) is 46.3 Å². The maximum absolute atomic E-state index is 11.0. The lowest BCUT2D eigenvalue weighted by Gasteiger charge is -2.14. The van der Waals surface area contributed by atoms with Crippen LogP contribution in [-0.2, 0) is 6.54 Å². The van der Waals surface area contributed by atoms with Crippen LogP contribution < -0.4 is 5.32 Å². The Balaban J connectivity index is 2.09. The molecule has 1 N–H and O–H groups in total.